The van der Waals surface area contributed by atoms with Crippen molar-refractivity contribution in [2.24, 2.45) is 17.8 Å². The number of rotatable bonds is 6. The van der Waals surface area contributed by atoms with Gasteiger partial charge in [0.1, 0.15) is 11.5 Å². The SMILES string of the molecule is COc1cc([N+](=O)[O-])ccc1N1C[C@H](C(=O)Oc2ccc(N3C(=O)[C@@H]4C[C@H](Br)[C@@H](Br)C[C@H]4C3=O)c(C)c2)CC1=O. The molecule has 2 aromatic rings. The molecule has 0 bridgehead atoms. The van der Waals surface area contributed by atoms with E-state index < -0.39 is 16.8 Å². The van der Waals surface area contributed by atoms with Gasteiger partial charge in [0.2, 0.25) is 17.7 Å². The van der Waals surface area contributed by atoms with Crippen LogP contribution in [0.5, 0.6) is 11.5 Å². The number of nitro benzene ring substituents is 1. The molecule has 1 saturated carbocycles. The second kappa shape index (κ2) is 10.9. The molecule has 0 unspecified atom stereocenters. The molecule has 11 nitrogen and oxygen atoms in total. The summed E-state index contributed by atoms with van der Waals surface area (Å²) in [4.78, 5) is 65.4. The number of anilines is 2. The Morgan fingerprint density at radius 1 is 1.00 bits per heavy atom. The number of carbonyl (C=O) groups excluding carboxylic acids is 4. The number of hydrogen-bond donors (Lipinski definition) is 0. The van der Waals surface area contributed by atoms with Crippen LogP contribution in [-0.4, -0.2) is 51.9 Å². The first-order chi connectivity index (χ1) is 19.0. The Balaban J connectivity index is 1.28. The van der Waals surface area contributed by atoms with Gasteiger partial charge in [0, 0.05) is 28.7 Å². The quantitative estimate of drug-likeness (QED) is 0.110. The molecular formula is C27H25Br2N3O8. The van der Waals surface area contributed by atoms with E-state index in [1.807, 2.05) is 0 Å². The van der Waals surface area contributed by atoms with Crippen LogP contribution < -0.4 is 19.3 Å². The van der Waals surface area contributed by atoms with Gasteiger partial charge in [-0.2, -0.15) is 0 Å². The van der Waals surface area contributed by atoms with Crippen LogP contribution in [0, 0.1) is 34.8 Å². The Hall–Kier alpha value is -3.32. The van der Waals surface area contributed by atoms with Gasteiger partial charge in [-0.25, -0.2) is 4.90 Å². The summed E-state index contributed by atoms with van der Waals surface area (Å²) in [6, 6.07) is 8.61. The lowest BCUT2D eigenvalue weighted by Gasteiger charge is -2.29. The molecule has 3 aliphatic rings. The van der Waals surface area contributed by atoms with Crippen LogP contribution in [-0.2, 0) is 19.2 Å². The Morgan fingerprint density at radius 3 is 2.20 bits per heavy atom. The number of methoxy groups -OCH3 is 1. The number of carbonyl (C=O) groups is 4. The number of esters is 1. The maximum absolute atomic E-state index is 13.2. The third kappa shape index (κ3) is 5.00. The fraction of sp³-hybridized carbons (Fsp3) is 0.407. The fourth-order valence-corrected chi connectivity index (χ4v) is 6.81. The van der Waals surface area contributed by atoms with Crippen LogP contribution in [0.3, 0.4) is 0 Å². The molecule has 0 aromatic heterocycles. The van der Waals surface area contributed by atoms with Gasteiger partial charge in [-0.15, -0.1) is 0 Å². The predicted molar refractivity (Wildman–Crippen MR) is 151 cm³/mol. The summed E-state index contributed by atoms with van der Waals surface area (Å²) in [5, 5.41) is 11.1. The van der Waals surface area contributed by atoms with Gasteiger partial charge < -0.3 is 14.4 Å². The highest BCUT2D eigenvalue weighted by Crippen LogP contribution is 2.45. The number of fused-ring (bicyclic) bond motifs is 1. The molecule has 2 saturated heterocycles. The van der Waals surface area contributed by atoms with Gasteiger partial charge in [-0.3, -0.25) is 29.3 Å². The van der Waals surface area contributed by atoms with E-state index in [2.05, 4.69) is 31.9 Å². The van der Waals surface area contributed by atoms with E-state index in [0.717, 1.165) is 0 Å². The zero-order chi connectivity index (χ0) is 28.9. The van der Waals surface area contributed by atoms with Crippen molar-refractivity contribution in [1.29, 1.82) is 0 Å². The standard InChI is InChI=1S/C27H25Br2N3O8/c1-13-7-16(4-6-21(13)31-25(34)17-10-19(28)20(29)11-18(17)26(31)35)40-27(36)14-8-24(33)30(12-14)22-5-3-15(32(37)38)9-23(22)39-2/h3-7,9,14,17-20H,8,10-12H2,1-2H3/t14-,17-,18-,19+,20+/m1/s1. The molecule has 3 amide bonds. The predicted octanol–water partition coefficient (Wildman–Crippen LogP) is 4.30. The van der Waals surface area contributed by atoms with Gasteiger partial charge >= 0.3 is 5.97 Å². The van der Waals surface area contributed by atoms with Crippen molar-refractivity contribution in [2.45, 2.75) is 35.8 Å². The van der Waals surface area contributed by atoms with Crippen molar-refractivity contribution >= 4 is 72.6 Å². The number of halogens is 2. The average Bonchev–Trinajstić information content (AvgIpc) is 3.41. The Labute approximate surface area is 246 Å². The zero-order valence-electron chi connectivity index (χ0n) is 21.5. The number of ether oxygens (including phenoxy) is 2. The van der Waals surface area contributed by atoms with Crippen molar-refractivity contribution in [1.82, 2.24) is 0 Å². The third-order valence-corrected chi connectivity index (χ3v) is 10.4. The van der Waals surface area contributed by atoms with Crippen molar-refractivity contribution in [3.8, 4) is 11.5 Å². The summed E-state index contributed by atoms with van der Waals surface area (Å²) in [6.07, 6.45) is 1.04. The second-order valence-electron chi connectivity index (χ2n) is 10.1. The molecule has 0 spiro atoms. The minimum Gasteiger partial charge on any atom is -0.494 e. The van der Waals surface area contributed by atoms with E-state index in [9.17, 15) is 29.3 Å². The summed E-state index contributed by atoms with van der Waals surface area (Å²) >= 11 is 7.18. The molecule has 13 heteroatoms. The molecule has 0 radical (unpaired) electrons. The van der Waals surface area contributed by atoms with E-state index in [1.165, 1.54) is 41.2 Å². The third-order valence-electron chi connectivity index (χ3n) is 7.66. The molecule has 5 rings (SSSR count). The Bertz CT molecular complexity index is 1400. The van der Waals surface area contributed by atoms with Crippen molar-refractivity contribution < 1.29 is 33.6 Å². The molecular weight excluding hydrogens is 654 g/mol. The van der Waals surface area contributed by atoms with Crippen LogP contribution in [0.4, 0.5) is 17.1 Å². The average molecular weight is 679 g/mol. The molecule has 5 atom stereocenters. The van der Waals surface area contributed by atoms with E-state index in [0.29, 0.717) is 29.8 Å². The lowest BCUT2D eigenvalue weighted by molar-refractivity contribution is -0.384. The molecule has 40 heavy (non-hydrogen) atoms. The van der Waals surface area contributed by atoms with Crippen LogP contribution in [0.25, 0.3) is 0 Å². The number of amides is 3. The van der Waals surface area contributed by atoms with Crippen LogP contribution in [0.2, 0.25) is 0 Å². The monoisotopic (exact) mass is 677 g/mol. The number of aryl methyl sites for hydroxylation is 1. The maximum Gasteiger partial charge on any atom is 0.316 e. The zero-order valence-corrected chi connectivity index (χ0v) is 24.7. The van der Waals surface area contributed by atoms with Crippen molar-refractivity contribution in [3.05, 3.63) is 52.1 Å². The van der Waals surface area contributed by atoms with Crippen LogP contribution in [0.1, 0.15) is 24.8 Å². The van der Waals surface area contributed by atoms with E-state index in [-0.39, 0.29) is 69.4 Å². The largest absolute Gasteiger partial charge is 0.494 e. The number of hydrogen-bond acceptors (Lipinski definition) is 8. The second-order valence-corrected chi connectivity index (χ2v) is 12.5. The summed E-state index contributed by atoms with van der Waals surface area (Å²) in [5.41, 5.74) is 1.19. The van der Waals surface area contributed by atoms with Gasteiger partial charge in [-0.1, -0.05) is 31.9 Å². The van der Waals surface area contributed by atoms with E-state index in [4.69, 9.17) is 9.47 Å². The number of nitrogens with zero attached hydrogens (tertiary/aromatic N) is 3. The summed E-state index contributed by atoms with van der Waals surface area (Å²) in [7, 11) is 1.34. The summed E-state index contributed by atoms with van der Waals surface area (Å²) < 4.78 is 10.8. The molecule has 2 aromatic carbocycles. The van der Waals surface area contributed by atoms with Crippen LogP contribution in [0.15, 0.2) is 36.4 Å². The van der Waals surface area contributed by atoms with E-state index >= 15 is 0 Å². The minimum absolute atomic E-state index is 0.0194. The molecule has 2 heterocycles. The number of benzene rings is 2. The Morgan fingerprint density at radius 2 is 1.62 bits per heavy atom. The Kier molecular flexibility index (Phi) is 7.71. The van der Waals surface area contributed by atoms with Crippen LogP contribution >= 0.6 is 31.9 Å². The fourth-order valence-electron chi connectivity index (χ4n) is 5.58. The lowest BCUT2D eigenvalue weighted by Crippen LogP contribution is -2.34. The topological polar surface area (TPSA) is 136 Å². The normalized spacial score (nSPS) is 26.2. The highest BCUT2D eigenvalue weighted by atomic mass is 79.9. The minimum atomic E-state index is -0.772. The number of non-ortho nitro benzene ring substituents is 1. The number of alkyl halides is 2. The number of nitro groups is 1. The first-order valence-electron chi connectivity index (χ1n) is 12.6. The van der Waals surface area contributed by atoms with Gasteiger partial charge in [-0.05, 0) is 49.6 Å². The summed E-state index contributed by atoms with van der Waals surface area (Å²) in [5.74, 6) is -2.56. The van der Waals surface area contributed by atoms with Gasteiger partial charge in [0.25, 0.3) is 5.69 Å². The first-order valence-corrected chi connectivity index (χ1v) is 14.4. The highest BCUT2D eigenvalue weighted by Gasteiger charge is 2.52. The first kappa shape index (κ1) is 28.2. The van der Waals surface area contributed by atoms with E-state index in [1.54, 1.807) is 19.1 Å². The smallest absolute Gasteiger partial charge is 0.316 e. The maximum atomic E-state index is 13.2. The highest BCUT2D eigenvalue weighted by molar-refractivity contribution is 9.12. The molecule has 0 N–H and O–H groups in total. The van der Waals surface area contributed by atoms with Gasteiger partial charge in [0.15, 0.2) is 0 Å². The summed E-state index contributed by atoms with van der Waals surface area (Å²) in [6.45, 7) is 1.75. The van der Waals surface area contributed by atoms with Crippen molar-refractivity contribution in [2.75, 3.05) is 23.5 Å². The molecule has 1 aliphatic carbocycles. The van der Waals surface area contributed by atoms with Crippen molar-refractivity contribution in [3.63, 3.8) is 0 Å². The molecule has 210 valence electrons. The molecule has 2 aliphatic heterocycles. The van der Waals surface area contributed by atoms with Gasteiger partial charge in [0.05, 0.1) is 47.2 Å². The molecule has 3 fully saturated rings. The number of imide groups is 1. The lowest BCUT2D eigenvalue weighted by atomic mass is 9.81.